The van der Waals surface area contributed by atoms with Gasteiger partial charge in [0, 0.05) is 13.1 Å². The van der Waals surface area contributed by atoms with Crippen LogP contribution in [0, 0.1) is 23.5 Å². The summed E-state index contributed by atoms with van der Waals surface area (Å²) in [4.78, 5) is 3.63. The topological polar surface area (TPSA) is 45.6 Å². The van der Waals surface area contributed by atoms with Crippen LogP contribution in [0.2, 0.25) is 0 Å². The minimum absolute atomic E-state index is 0.0141. The van der Waals surface area contributed by atoms with E-state index in [0.717, 1.165) is 4.90 Å². The average molecular weight is 294 g/mol. The van der Waals surface area contributed by atoms with Crippen molar-refractivity contribution in [1.82, 2.24) is 4.98 Å². The van der Waals surface area contributed by atoms with E-state index in [9.17, 15) is 17.6 Å². The maximum absolute atomic E-state index is 13.7. The third kappa shape index (κ3) is 2.71. The van der Waals surface area contributed by atoms with Gasteiger partial charge in [-0.25, -0.2) is 0 Å². The van der Waals surface area contributed by atoms with E-state index >= 15 is 0 Å². The molecule has 0 radical (unpaired) electrons. The van der Waals surface area contributed by atoms with Gasteiger partial charge in [0.15, 0.2) is 0 Å². The molecule has 20 heavy (non-hydrogen) atoms. The van der Waals surface area contributed by atoms with Crippen molar-refractivity contribution in [2.75, 3.05) is 24.6 Å². The van der Waals surface area contributed by atoms with Gasteiger partial charge in [-0.15, -0.1) is 0 Å². The third-order valence-electron chi connectivity index (χ3n) is 2.98. The second kappa shape index (κ2) is 5.17. The lowest BCUT2D eigenvalue weighted by Gasteiger charge is -2.43. The van der Waals surface area contributed by atoms with Gasteiger partial charge >= 0.3 is 0 Å². The number of ether oxygens (including phenoxy) is 1. The van der Waals surface area contributed by atoms with Crippen molar-refractivity contribution in [3.05, 3.63) is 23.5 Å². The Balaban J connectivity index is 2.45. The summed E-state index contributed by atoms with van der Waals surface area (Å²) >= 11 is 0. The van der Waals surface area contributed by atoms with Crippen LogP contribution >= 0.6 is 0 Å². The molecule has 1 aromatic heterocycles. The number of rotatable bonds is 2. The molecule has 1 saturated heterocycles. The van der Waals surface area contributed by atoms with E-state index in [4.69, 9.17) is 9.84 Å². The first-order valence-electron chi connectivity index (χ1n) is 5.99. The van der Waals surface area contributed by atoms with Crippen molar-refractivity contribution in [3.63, 3.8) is 0 Å². The molecule has 1 aromatic rings. The largest absolute Gasteiger partial charge is 0.394 e. The lowest BCUT2D eigenvalue weighted by Crippen LogP contribution is -2.54. The fourth-order valence-corrected chi connectivity index (χ4v) is 2.31. The molecular weight excluding hydrogens is 280 g/mol. The van der Waals surface area contributed by atoms with Crippen molar-refractivity contribution in [3.8, 4) is 0 Å². The second-order valence-electron chi connectivity index (χ2n) is 5.23. The van der Waals surface area contributed by atoms with E-state index in [2.05, 4.69) is 4.98 Å². The number of aliphatic hydroxyl groups is 1. The van der Waals surface area contributed by atoms with Gasteiger partial charge in [0.2, 0.25) is 11.6 Å². The Bertz CT molecular complexity index is 498. The van der Waals surface area contributed by atoms with Crippen LogP contribution in [0.5, 0.6) is 0 Å². The van der Waals surface area contributed by atoms with Crippen molar-refractivity contribution >= 4 is 5.69 Å². The summed E-state index contributed by atoms with van der Waals surface area (Å²) in [5, 5.41) is 9.14. The van der Waals surface area contributed by atoms with Gasteiger partial charge in [-0.3, -0.25) is 0 Å². The van der Waals surface area contributed by atoms with Crippen molar-refractivity contribution in [1.29, 1.82) is 0 Å². The molecule has 2 rings (SSSR count). The molecular formula is C12H14F4N2O2. The lowest BCUT2D eigenvalue weighted by molar-refractivity contribution is -0.101. The number of aliphatic hydroxyl groups excluding tert-OH is 1. The summed E-state index contributed by atoms with van der Waals surface area (Å²) in [6.45, 7) is 2.84. The van der Waals surface area contributed by atoms with Crippen LogP contribution in [0.25, 0.3) is 0 Å². The van der Waals surface area contributed by atoms with E-state index in [0.29, 0.717) is 0 Å². The van der Waals surface area contributed by atoms with E-state index in [1.165, 1.54) is 0 Å². The number of anilines is 1. The molecule has 1 aliphatic heterocycles. The summed E-state index contributed by atoms with van der Waals surface area (Å²) in [5.41, 5.74) is -1.66. The zero-order valence-corrected chi connectivity index (χ0v) is 11.0. The van der Waals surface area contributed by atoms with Gasteiger partial charge in [0.25, 0.3) is 11.9 Å². The maximum Gasteiger partial charge on any atom is 0.253 e. The van der Waals surface area contributed by atoms with E-state index < -0.39 is 40.9 Å². The molecule has 0 saturated carbocycles. The third-order valence-corrected chi connectivity index (χ3v) is 2.98. The van der Waals surface area contributed by atoms with E-state index in [-0.39, 0.29) is 19.7 Å². The molecule has 0 aromatic carbocycles. The predicted octanol–water partition coefficient (Wildman–Crippen LogP) is 1.61. The second-order valence-corrected chi connectivity index (χ2v) is 5.23. The molecule has 4 nitrogen and oxygen atoms in total. The van der Waals surface area contributed by atoms with Crippen molar-refractivity contribution in [2.24, 2.45) is 0 Å². The number of pyridine rings is 1. The summed E-state index contributed by atoms with van der Waals surface area (Å²) in [6.07, 6.45) is -0.711. The fraction of sp³-hybridized carbons (Fsp3) is 0.583. The Morgan fingerprint density at radius 2 is 1.80 bits per heavy atom. The molecule has 1 atom stereocenters. The number of hydrogen-bond donors (Lipinski definition) is 1. The number of morpholine rings is 1. The van der Waals surface area contributed by atoms with E-state index in [1.54, 1.807) is 13.8 Å². The van der Waals surface area contributed by atoms with Crippen LogP contribution in [0.4, 0.5) is 23.2 Å². The van der Waals surface area contributed by atoms with Crippen LogP contribution in [0.3, 0.4) is 0 Å². The highest BCUT2D eigenvalue weighted by Crippen LogP contribution is 2.31. The zero-order chi connectivity index (χ0) is 15.1. The maximum atomic E-state index is 13.7. The van der Waals surface area contributed by atoms with Gasteiger partial charge in [-0.1, -0.05) is 0 Å². The minimum atomic E-state index is -1.70. The quantitative estimate of drug-likeness (QED) is 0.665. The Hall–Kier alpha value is -1.41. The van der Waals surface area contributed by atoms with Crippen LogP contribution in [-0.4, -0.2) is 41.5 Å². The van der Waals surface area contributed by atoms with Gasteiger partial charge in [-0.05, 0) is 13.8 Å². The van der Waals surface area contributed by atoms with Crippen LogP contribution < -0.4 is 4.90 Å². The van der Waals surface area contributed by atoms with Crippen LogP contribution in [0.15, 0.2) is 0 Å². The zero-order valence-electron chi connectivity index (χ0n) is 11.0. The Morgan fingerprint density at radius 1 is 1.25 bits per heavy atom. The smallest absolute Gasteiger partial charge is 0.253 e. The fourth-order valence-electron chi connectivity index (χ4n) is 2.31. The predicted molar refractivity (Wildman–Crippen MR) is 62.3 cm³/mol. The number of halogens is 4. The Morgan fingerprint density at radius 3 is 2.30 bits per heavy atom. The number of nitrogens with zero attached hydrogens (tertiary/aromatic N) is 2. The molecule has 0 spiro atoms. The molecule has 1 fully saturated rings. The standard InChI is InChI=1S/C12H14F4N2O2/c1-12(2)5-18(3-6(4-19)20-12)9-7(13)10(15)17-11(16)8(9)14/h6,19H,3-5H2,1-2H3. The SMILES string of the molecule is CC1(C)CN(c2c(F)c(F)nc(F)c2F)CC(CO)O1. The van der Waals surface area contributed by atoms with Gasteiger partial charge < -0.3 is 14.7 Å². The monoisotopic (exact) mass is 294 g/mol. The highest BCUT2D eigenvalue weighted by molar-refractivity contribution is 5.49. The molecule has 2 heterocycles. The molecule has 1 unspecified atom stereocenters. The lowest BCUT2D eigenvalue weighted by atomic mass is 10.0. The highest BCUT2D eigenvalue weighted by Gasteiger charge is 2.37. The van der Waals surface area contributed by atoms with Crippen LogP contribution in [0.1, 0.15) is 13.8 Å². The Labute approximate surface area is 113 Å². The summed E-state index contributed by atoms with van der Waals surface area (Å²) in [5.74, 6) is -6.52. The highest BCUT2D eigenvalue weighted by atomic mass is 19.2. The van der Waals surface area contributed by atoms with Crippen LogP contribution in [-0.2, 0) is 4.74 Å². The van der Waals surface area contributed by atoms with Crippen molar-refractivity contribution < 1.29 is 27.4 Å². The Kier molecular flexibility index (Phi) is 3.88. The van der Waals surface area contributed by atoms with E-state index in [1.807, 2.05) is 0 Å². The molecule has 0 amide bonds. The summed E-state index contributed by atoms with van der Waals surface area (Å²) < 4.78 is 59.2. The number of aromatic nitrogens is 1. The summed E-state index contributed by atoms with van der Waals surface area (Å²) in [7, 11) is 0. The summed E-state index contributed by atoms with van der Waals surface area (Å²) in [6, 6.07) is 0. The minimum Gasteiger partial charge on any atom is -0.394 e. The molecule has 112 valence electrons. The van der Waals surface area contributed by atoms with Gasteiger partial charge in [0.05, 0.1) is 18.3 Å². The molecule has 0 bridgehead atoms. The van der Waals surface area contributed by atoms with Gasteiger partial charge in [0.1, 0.15) is 5.69 Å². The molecule has 1 aliphatic rings. The van der Waals surface area contributed by atoms with Crippen molar-refractivity contribution in [2.45, 2.75) is 25.6 Å². The number of hydrogen-bond acceptors (Lipinski definition) is 4. The first-order valence-corrected chi connectivity index (χ1v) is 5.99. The first kappa shape index (κ1) is 15.0. The first-order chi connectivity index (χ1) is 9.25. The molecule has 0 aliphatic carbocycles. The normalized spacial score (nSPS) is 22.1. The molecule has 8 heteroatoms. The average Bonchev–Trinajstić information content (AvgIpc) is 2.35. The molecule has 1 N–H and O–H groups in total. The van der Waals surface area contributed by atoms with Gasteiger partial charge in [-0.2, -0.15) is 22.5 Å².